The smallest absolute Gasteiger partial charge is 0.164 e. The van der Waals surface area contributed by atoms with Gasteiger partial charge in [0.05, 0.1) is 16.9 Å². The van der Waals surface area contributed by atoms with E-state index in [0.29, 0.717) is 28.9 Å². The van der Waals surface area contributed by atoms with Gasteiger partial charge in [-0.1, -0.05) is 152 Å². The van der Waals surface area contributed by atoms with Crippen LogP contribution in [0.15, 0.2) is 168 Å². The van der Waals surface area contributed by atoms with Gasteiger partial charge in [-0.3, -0.25) is 5.41 Å². The molecular formula is C46H30N6S. The number of aromatic nitrogens is 4. The Hall–Kier alpha value is -6.83. The van der Waals surface area contributed by atoms with Crippen molar-refractivity contribution in [3.63, 3.8) is 0 Å². The number of nitrogens with one attached hydrogen (secondary N) is 1. The summed E-state index contributed by atoms with van der Waals surface area (Å²) in [5.74, 6) is 1.76. The summed E-state index contributed by atoms with van der Waals surface area (Å²) >= 11 is 4.23. The standard InChI is InChI=1S/C46H30N6S/c47-39-28-27-38-41(43(39)52-53)37-13-7-8-14-40(37)48-42(38)33-19-25-36(26-20-33)46-50-44(34-21-15-31(16-22-34)29-9-3-1-4-10-29)49-45(51-46)35-23-17-32(18-24-35)30-11-5-2-6-12-30/h1-28,47,53H/b47-39?,52-43+. The molecule has 1 N–H and O–H groups in total. The van der Waals surface area contributed by atoms with E-state index in [-0.39, 0.29) is 0 Å². The van der Waals surface area contributed by atoms with E-state index in [2.05, 4.69) is 90.0 Å². The minimum Gasteiger partial charge on any atom is -0.299 e. The van der Waals surface area contributed by atoms with E-state index in [1.165, 1.54) is 0 Å². The molecule has 0 radical (unpaired) electrons. The van der Waals surface area contributed by atoms with Crippen LogP contribution in [0.1, 0.15) is 11.1 Å². The zero-order valence-corrected chi connectivity index (χ0v) is 29.2. The number of allylic oxidation sites excluding steroid dienone is 1. The molecule has 1 aliphatic rings. The Labute approximate surface area is 312 Å². The van der Waals surface area contributed by atoms with Crippen molar-refractivity contribution in [2.45, 2.75) is 0 Å². The minimum atomic E-state index is 0.316. The first-order valence-electron chi connectivity index (χ1n) is 17.2. The Morgan fingerprint density at radius 1 is 0.415 bits per heavy atom. The van der Waals surface area contributed by atoms with E-state index in [4.69, 9.17) is 25.3 Å². The first-order valence-corrected chi connectivity index (χ1v) is 17.6. The molecule has 1 aliphatic carbocycles. The third-order valence-electron chi connectivity index (χ3n) is 9.49. The Kier molecular flexibility index (Phi) is 8.31. The summed E-state index contributed by atoms with van der Waals surface area (Å²) in [6, 6.07) is 53.4. The lowest BCUT2D eigenvalue weighted by Crippen LogP contribution is -2.18. The number of fused-ring (bicyclic) bond motifs is 3. The fraction of sp³-hybridized carbons (Fsp3) is 0. The van der Waals surface area contributed by atoms with Crippen LogP contribution in [0.25, 0.3) is 84.7 Å². The maximum absolute atomic E-state index is 8.50. The Morgan fingerprint density at radius 2 is 0.830 bits per heavy atom. The van der Waals surface area contributed by atoms with E-state index >= 15 is 0 Å². The third kappa shape index (κ3) is 6.13. The van der Waals surface area contributed by atoms with Crippen molar-refractivity contribution in [2.75, 3.05) is 0 Å². The van der Waals surface area contributed by atoms with Crippen molar-refractivity contribution in [1.29, 1.82) is 5.41 Å². The fourth-order valence-electron chi connectivity index (χ4n) is 6.77. The van der Waals surface area contributed by atoms with Gasteiger partial charge in [0.15, 0.2) is 17.5 Å². The predicted octanol–water partition coefficient (Wildman–Crippen LogP) is 11.1. The van der Waals surface area contributed by atoms with Crippen molar-refractivity contribution >= 4 is 41.2 Å². The average Bonchev–Trinajstić information content (AvgIpc) is 3.24. The SMILES string of the molecule is N=C1C=Cc2c(-c3ccc(-c4nc(-c5ccc(-c6ccccc6)cc5)nc(-c5ccc(-c6ccccc6)cc5)n4)cc3)nc3ccccc3c2/C1=N/S. The van der Waals surface area contributed by atoms with Crippen molar-refractivity contribution in [3.05, 3.63) is 175 Å². The van der Waals surface area contributed by atoms with Crippen LogP contribution in [-0.2, 0) is 0 Å². The molecule has 0 saturated heterocycles. The summed E-state index contributed by atoms with van der Waals surface area (Å²) in [5.41, 5.74) is 12.4. The number of hydrogen-bond donors (Lipinski definition) is 2. The van der Waals surface area contributed by atoms with Crippen LogP contribution in [0, 0.1) is 5.41 Å². The average molecular weight is 699 g/mol. The molecule has 2 aromatic heterocycles. The van der Waals surface area contributed by atoms with E-state index in [1.54, 1.807) is 6.08 Å². The molecule has 0 amide bonds. The first kappa shape index (κ1) is 32.1. The summed E-state index contributed by atoms with van der Waals surface area (Å²) in [5, 5.41) is 9.44. The molecule has 0 aliphatic heterocycles. The summed E-state index contributed by atoms with van der Waals surface area (Å²) < 4.78 is 4.20. The second-order valence-electron chi connectivity index (χ2n) is 12.7. The van der Waals surface area contributed by atoms with E-state index in [9.17, 15) is 0 Å². The van der Waals surface area contributed by atoms with Gasteiger partial charge in [0.1, 0.15) is 5.71 Å². The molecule has 6 nitrogen and oxygen atoms in total. The highest BCUT2D eigenvalue weighted by molar-refractivity contribution is 7.79. The second kappa shape index (κ2) is 13.7. The number of hydrogen-bond acceptors (Lipinski definition) is 7. The predicted molar refractivity (Wildman–Crippen MR) is 220 cm³/mol. The summed E-state index contributed by atoms with van der Waals surface area (Å²) in [6.07, 6.45) is 3.69. The van der Waals surface area contributed by atoms with Crippen molar-refractivity contribution in [1.82, 2.24) is 19.9 Å². The van der Waals surface area contributed by atoms with Gasteiger partial charge in [-0.25, -0.2) is 24.3 Å². The van der Waals surface area contributed by atoms with Gasteiger partial charge in [0, 0.05) is 38.8 Å². The summed E-state index contributed by atoms with van der Waals surface area (Å²) in [7, 11) is 0. The fourth-order valence-corrected chi connectivity index (χ4v) is 6.98. The normalized spacial score (nSPS) is 13.0. The van der Waals surface area contributed by atoms with Gasteiger partial charge in [0.2, 0.25) is 0 Å². The molecular weight excluding hydrogens is 669 g/mol. The molecule has 2 heterocycles. The van der Waals surface area contributed by atoms with Crippen LogP contribution < -0.4 is 0 Å². The maximum Gasteiger partial charge on any atom is 0.164 e. The van der Waals surface area contributed by atoms with Crippen LogP contribution in [0.5, 0.6) is 0 Å². The molecule has 53 heavy (non-hydrogen) atoms. The highest BCUT2D eigenvalue weighted by Gasteiger charge is 2.24. The topological polar surface area (TPSA) is 87.8 Å². The number of thiol groups is 1. The van der Waals surface area contributed by atoms with Crippen LogP contribution >= 0.6 is 12.8 Å². The van der Waals surface area contributed by atoms with Gasteiger partial charge >= 0.3 is 0 Å². The maximum atomic E-state index is 8.50. The van der Waals surface area contributed by atoms with Gasteiger partial charge in [0.25, 0.3) is 0 Å². The summed E-state index contributed by atoms with van der Waals surface area (Å²) in [4.78, 5) is 20.1. The lowest BCUT2D eigenvalue weighted by molar-refractivity contribution is 1.07. The van der Waals surface area contributed by atoms with Crippen LogP contribution in [0.2, 0.25) is 0 Å². The largest absolute Gasteiger partial charge is 0.299 e. The van der Waals surface area contributed by atoms with Gasteiger partial charge in [-0.05, 0) is 53.3 Å². The van der Waals surface area contributed by atoms with Gasteiger partial charge in [-0.2, -0.15) is 0 Å². The number of pyridine rings is 1. The quantitative estimate of drug-likeness (QED) is 0.169. The molecule has 0 saturated carbocycles. The Bertz CT molecular complexity index is 2600. The number of nitrogens with zero attached hydrogens (tertiary/aromatic N) is 5. The van der Waals surface area contributed by atoms with Gasteiger partial charge < -0.3 is 0 Å². The van der Waals surface area contributed by atoms with Gasteiger partial charge in [-0.15, -0.1) is 0 Å². The van der Waals surface area contributed by atoms with Crippen LogP contribution in [0.3, 0.4) is 0 Å². The highest BCUT2D eigenvalue weighted by atomic mass is 32.1. The molecule has 0 unspecified atom stereocenters. The zero-order valence-electron chi connectivity index (χ0n) is 28.3. The molecule has 0 bridgehead atoms. The Morgan fingerprint density at radius 3 is 1.32 bits per heavy atom. The third-order valence-corrected chi connectivity index (χ3v) is 9.69. The molecule has 8 aromatic rings. The van der Waals surface area contributed by atoms with E-state index in [1.807, 2.05) is 91.0 Å². The highest BCUT2D eigenvalue weighted by Crippen LogP contribution is 2.36. The first-order chi connectivity index (χ1) is 26.1. The van der Waals surface area contributed by atoms with Crippen LogP contribution in [0.4, 0.5) is 0 Å². The van der Waals surface area contributed by atoms with Crippen molar-refractivity contribution in [2.24, 2.45) is 4.40 Å². The molecule has 7 heteroatoms. The van der Waals surface area contributed by atoms with E-state index < -0.39 is 0 Å². The molecule has 0 spiro atoms. The zero-order chi connectivity index (χ0) is 35.7. The van der Waals surface area contributed by atoms with Crippen molar-refractivity contribution in [3.8, 4) is 67.7 Å². The monoisotopic (exact) mass is 698 g/mol. The minimum absolute atomic E-state index is 0.316. The van der Waals surface area contributed by atoms with E-state index in [0.717, 1.165) is 72.2 Å². The number of para-hydroxylation sites is 1. The van der Waals surface area contributed by atoms with Crippen molar-refractivity contribution < 1.29 is 0 Å². The Balaban J connectivity index is 1.13. The number of benzene rings is 6. The number of rotatable bonds is 6. The molecule has 0 atom stereocenters. The lowest BCUT2D eigenvalue weighted by Gasteiger charge is -2.19. The molecule has 250 valence electrons. The second-order valence-corrected chi connectivity index (χ2v) is 12.9. The van der Waals surface area contributed by atoms with Crippen LogP contribution in [-0.4, -0.2) is 31.4 Å². The summed E-state index contributed by atoms with van der Waals surface area (Å²) in [6.45, 7) is 0. The lowest BCUT2D eigenvalue weighted by atomic mass is 9.88. The molecule has 9 rings (SSSR count). The molecule has 6 aromatic carbocycles. The molecule has 0 fully saturated rings.